The quantitative estimate of drug-likeness (QED) is 0.679. The lowest BCUT2D eigenvalue weighted by Gasteiger charge is -2.25. The number of carboxylic acid groups (broad SMARTS) is 2. The molecule has 1 fully saturated rings. The average Bonchev–Trinajstić information content (AvgIpc) is 2.30. The van der Waals surface area contributed by atoms with Gasteiger partial charge in [0.2, 0.25) is 0 Å². The van der Waals surface area contributed by atoms with Crippen LogP contribution in [0.2, 0.25) is 0 Å². The summed E-state index contributed by atoms with van der Waals surface area (Å²) in [5.74, 6) is -2.55. The standard InChI is InChI=1S/C9H14O4/c1-5-6(7(10)11)3-4-9(5,2)8(12)13/h5-6H,3-4H2,1-2H3,(H,10,11)(H,12,13). The minimum atomic E-state index is -0.885. The molecule has 0 amide bonds. The van der Waals surface area contributed by atoms with Gasteiger partial charge in [0.1, 0.15) is 0 Å². The van der Waals surface area contributed by atoms with Crippen molar-refractivity contribution in [2.75, 3.05) is 0 Å². The summed E-state index contributed by atoms with van der Waals surface area (Å²) < 4.78 is 0. The second-order valence-electron chi connectivity index (χ2n) is 3.99. The summed E-state index contributed by atoms with van der Waals surface area (Å²) >= 11 is 0. The summed E-state index contributed by atoms with van der Waals surface area (Å²) in [5.41, 5.74) is -0.858. The van der Waals surface area contributed by atoms with Crippen LogP contribution in [0.5, 0.6) is 0 Å². The molecule has 0 saturated heterocycles. The Hall–Kier alpha value is -1.06. The number of carbonyl (C=O) groups is 2. The lowest BCUT2D eigenvalue weighted by Crippen LogP contribution is -2.33. The molecule has 0 radical (unpaired) electrons. The van der Waals surface area contributed by atoms with Gasteiger partial charge in [0.15, 0.2) is 0 Å². The van der Waals surface area contributed by atoms with Gasteiger partial charge in [-0.1, -0.05) is 6.92 Å². The number of carboxylic acids is 2. The van der Waals surface area contributed by atoms with Crippen molar-refractivity contribution in [3.05, 3.63) is 0 Å². The molecule has 0 aromatic heterocycles. The van der Waals surface area contributed by atoms with Gasteiger partial charge in [0, 0.05) is 0 Å². The van der Waals surface area contributed by atoms with E-state index in [4.69, 9.17) is 10.2 Å². The number of hydrogen-bond donors (Lipinski definition) is 2. The molecule has 1 rings (SSSR count). The minimum absolute atomic E-state index is 0.289. The van der Waals surface area contributed by atoms with Crippen LogP contribution in [0.1, 0.15) is 26.7 Å². The van der Waals surface area contributed by atoms with Crippen molar-refractivity contribution >= 4 is 11.9 Å². The van der Waals surface area contributed by atoms with Crippen molar-refractivity contribution in [3.8, 4) is 0 Å². The Morgan fingerprint density at radius 2 is 1.92 bits per heavy atom. The number of aliphatic carboxylic acids is 2. The van der Waals surface area contributed by atoms with E-state index in [1.165, 1.54) is 0 Å². The maximum atomic E-state index is 10.9. The summed E-state index contributed by atoms with van der Waals surface area (Å²) in [6.07, 6.45) is 0.930. The number of hydrogen-bond acceptors (Lipinski definition) is 2. The van der Waals surface area contributed by atoms with Gasteiger partial charge in [-0.15, -0.1) is 0 Å². The molecule has 1 saturated carbocycles. The third-order valence-corrected chi connectivity index (χ3v) is 3.39. The third-order valence-electron chi connectivity index (χ3n) is 3.39. The predicted octanol–water partition coefficient (Wildman–Crippen LogP) is 1.21. The minimum Gasteiger partial charge on any atom is -0.481 e. The van der Waals surface area contributed by atoms with Crippen LogP contribution in [-0.2, 0) is 9.59 Å². The van der Waals surface area contributed by atoms with Gasteiger partial charge < -0.3 is 10.2 Å². The maximum Gasteiger partial charge on any atom is 0.309 e. The summed E-state index contributed by atoms with van der Waals surface area (Å²) in [6, 6.07) is 0. The first-order valence-corrected chi connectivity index (χ1v) is 4.36. The van der Waals surface area contributed by atoms with Gasteiger partial charge >= 0.3 is 11.9 Å². The van der Waals surface area contributed by atoms with E-state index in [1.807, 2.05) is 0 Å². The van der Waals surface area contributed by atoms with E-state index in [-0.39, 0.29) is 5.92 Å². The van der Waals surface area contributed by atoms with Gasteiger partial charge in [-0.05, 0) is 25.7 Å². The molecule has 74 valence electrons. The van der Waals surface area contributed by atoms with Crippen molar-refractivity contribution in [2.45, 2.75) is 26.7 Å². The van der Waals surface area contributed by atoms with Crippen molar-refractivity contribution in [2.24, 2.45) is 17.3 Å². The van der Waals surface area contributed by atoms with Crippen LogP contribution >= 0.6 is 0 Å². The van der Waals surface area contributed by atoms with E-state index >= 15 is 0 Å². The second-order valence-corrected chi connectivity index (χ2v) is 3.99. The highest BCUT2D eigenvalue weighted by atomic mass is 16.4. The highest BCUT2D eigenvalue weighted by Crippen LogP contribution is 2.46. The summed E-state index contributed by atoms with van der Waals surface area (Å²) in [5, 5.41) is 17.8. The highest BCUT2D eigenvalue weighted by Gasteiger charge is 2.50. The van der Waals surface area contributed by atoms with Crippen LogP contribution < -0.4 is 0 Å². The first kappa shape index (κ1) is 10.0. The van der Waals surface area contributed by atoms with Crippen LogP contribution in [0.3, 0.4) is 0 Å². The van der Waals surface area contributed by atoms with E-state index in [9.17, 15) is 9.59 Å². The Bertz CT molecular complexity index is 248. The monoisotopic (exact) mass is 186 g/mol. The Labute approximate surface area is 76.6 Å². The number of rotatable bonds is 2. The molecule has 0 spiro atoms. The Kier molecular flexibility index (Phi) is 2.32. The fourth-order valence-electron chi connectivity index (χ4n) is 2.02. The van der Waals surface area contributed by atoms with E-state index in [0.717, 1.165) is 0 Å². The van der Waals surface area contributed by atoms with E-state index < -0.39 is 23.3 Å². The fourth-order valence-corrected chi connectivity index (χ4v) is 2.02. The van der Waals surface area contributed by atoms with Crippen molar-refractivity contribution < 1.29 is 19.8 Å². The van der Waals surface area contributed by atoms with E-state index in [1.54, 1.807) is 13.8 Å². The first-order valence-electron chi connectivity index (χ1n) is 4.36. The molecular formula is C9H14O4. The van der Waals surface area contributed by atoms with Gasteiger partial charge in [0.25, 0.3) is 0 Å². The van der Waals surface area contributed by atoms with Crippen LogP contribution in [0, 0.1) is 17.3 Å². The predicted molar refractivity (Wildman–Crippen MR) is 45.3 cm³/mol. The molecular weight excluding hydrogens is 172 g/mol. The normalized spacial score (nSPS) is 38.9. The summed E-state index contributed by atoms with van der Waals surface area (Å²) in [4.78, 5) is 21.6. The van der Waals surface area contributed by atoms with Gasteiger partial charge in [-0.25, -0.2) is 0 Å². The van der Waals surface area contributed by atoms with Crippen LogP contribution in [0.15, 0.2) is 0 Å². The first-order chi connectivity index (χ1) is 5.89. The van der Waals surface area contributed by atoms with Crippen molar-refractivity contribution in [1.82, 2.24) is 0 Å². The van der Waals surface area contributed by atoms with Crippen molar-refractivity contribution in [3.63, 3.8) is 0 Å². The molecule has 3 atom stereocenters. The van der Waals surface area contributed by atoms with Crippen LogP contribution in [0.25, 0.3) is 0 Å². The fraction of sp³-hybridized carbons (Fsp3) is 0.778. The molecule has 4 nitrogen and oxygen atoms in total. The van der Waals surface area contributed by atoms with Gasteiger partial charge in [-0.2, -0.15) is 0 Å². The van der Waals surface area contributed by atoms with Crippen molar-refractivity contribution in [1.29, 1.82) is 0 Å². The zero-order chi connectivity index (χ0) is 10.2. The molecule has 0 heterocycles. The lowest BCUT2D eigenvalue weighted by atomic mass is 9.78. The lowest BCUT2D eigenvalue weighted by molar-refractivity contribution is -0.151. The van der Waals surface area contributed by atoms with Gasteiger partial charge in [0.05, 0.1) is 11.3 Å². The second kappa shape index (κ2) is 3.01. The Balaban J connectivity index is 2.87. The zero-order valence-electron chi connectivity index (χ0n) is 7.78. The van der Waals surface area contributed by atoms with Crippen LogP contribution in [-0.4, -0.2) is 22.2 Å². The third kappa shape index (κ3) is 1.41. The largest absolute Gasteiger partial charge is 0.481 e. The molecule has 4 heteroatoms. The van der Waals surface area contributed by atoms with Gasteiger partial charge in [-0.3, -0.25) is 9.59 Å². The molecule has 2 N–H and O–H groups in total. The molecule has 0 bridgehead atoms. The maximum absolute atomic E-state index is 10.9. The summed E-state index contributed by atoms with van der Waals surface area (Å²) in [7, 11) is 0. The Morgan fingerprint density at radius 1 is 1.38 bits per heavy atom. The molecule has 0 aromatic rings. The zero-order valence-corrected chi connectivity index (χ0v) is 7.78. The molecule has 13 heavy (non-hydrogen) atoms. The van der Waals surface area contributed by atoms with Crippen LogP contribution in [0.4, 0.5) is 0 Å². The SMILES string of the molecule is CC1C(C(=O)O)CCC1(C)C(=O)O. The molecule has 0 aromatic carbocycles. The average molecular weight is 186 g/mol. The smallest absolute Gasteiger partial charge is 0.309 e. The summed E-state index contributed by atoms with van der Waals surface area (Å²) in [6.45, 7) is 3.34. The highest BCUT2D eigenvalue weighted by molar-refractivity contribution is 5.78. The molecule has 1 aliphatic carbocycles. The van der Waals surface area contributed by atoms with E-state index in [2.05, 4.69) is 0 Å². The Morgan fingerprint density at radius 3 is 2.15 bits per heavy atom. The molecule has 0 aliphatic heterocycles. The molecule has 1 aliphatic rings. The van der Waals surface area contributed by atoms with E-state index in [0.29, 0.717) is 12.8 Å². The topological polar surface area (TPSA) is 74.6 Å². The molecule has 3 unspecified atom stereocenters.